The Labute approximate surface area is 111 Å². The average molecular weight is 302 g/mol. The van der Waals surface area contributed by atoms with Crippen LogP contribution in [0.5, 0.6) is 0 Å². The van der Waals surface area contributed by atoms with Crippen LogP contribution in [0.2, 0.25) is 0 Å². The first-order valence-electron chi connectivity index (χ1n) is 5.93. The maximum atomic E-state index is 8.98. The number of aliphatic hydroxyl groups is 1. The Kier molecular flexibility index (Phi) is 6.29. The van der Waals surface area contributed by atoms with Crippen molar-refractivity contribution in [3.63, 3.8) is 0 Å². The average Bonchev–Trinajstić information content (AvgIpc) is 2.28. The number of nitrogens with two attached hydrogens (primary N) is 1. The standard InChI is InChI=1S/C12H20BrN3O/c1-2-3-9(4-5-17)7-15-12-11(13)6-10(14)8-16-12/h6,8-9,17H,2-5,7,14H2,1H3,(H,15,16). The van der Waals surface area contributed by atoms with Crippen LogP contribution in [0, 0.1) is 5.92 Å². The lowest BCUT2D eigenvalue weighted by Crippen LogP contribution is -2.16. The van der Waals surface area contributed by atoms with Gasteiger partial charge in [0.1, 0.15) is 5.82 Å². The van der Waals surface area contributed by atoms with Crippen LogP contribution in [0.3, 0.4) is 0 Å². The number of aromatic nitrogens is 1. The first-order valence-corrected chi connectivity index (χ1v) is 6.72. The number of hydrogen-bond donors (Lipinski definition) is 3. The zero-order chi connectivity index (χ0) is 12.7. The highest BCUT2D eigenvalue weighted by Crippen LogP contribution is 2.22. The van der Waals surface area contributed by atoms with E-state index in [1.165, 1.54) is 0 Å². The molecular weight excluding hydrogens is 282 g/mol. The van der Waals surface area contributed by atoms with Crippen LogP contribution in [0.15, 0.2) is 16.7 Å². The smallest absolute Gasteiger partial charge is 0.140 e. The topological polar surface area (TPSA) is 71.2 Å². The molecule has 0 fully saturated rings. The van der Waals surface area contributed by atoms with Crippen LogP contribution in [0.25, 0.3) is 0 Å². The van der Waals surface area contributed by atoms with Crippen LogP contribution in [0.4, 0.5) is 11.5 Å². The molecular formula is C12H20BrN3O. The van der Waals surface area contributed by atoms with Gasteiger partial charge in [-0.25, -0.2) is 4.98 Å². The maximum absolute atomic E-state index is 8.98. The van der Waals surface area contributed by atoms with Crippen LogP contribution in [-0.4, -0.2) is 23.2 Å². The lowest BCUT2D eigenvalue weighted by atomic mass is 10.0. The van der Waals surface area contributed by atoms with E-state index in [0.717, 1.165) is 36.1 Å². The highest BCUT2D eigenvalue weighted by molar-refractivity contribution is 9.10. The van der Waals surface area contributed by atoms with Gasteiger partial charge < -0.3 is 16.2 Å². The minimum absolute atomic E-state index is 0.239. The van der Waals surface area contributed by atoms with Gasteiger partial charge in [0.05, 0.1) is 16.4 Å². The number of nitrogens with zero attached hydrogens (tertiary/aromatic N) is 1. The van der Waals surface area contributed by atoms with E-state index < -0.39 is 0 Å². The van der Waals surface area contributed by atoms with Gasteiger partial charge in [-0.3, -0.25) is 0 Å². The van der Waals surface area contributed by atoms with Crippen molar-refractivity contribution in [3.05, 3.63) is 16.7 Å². The summed E-state index contributed by atoms with van der Waals surface area (Å²) in [5, 5.41) is 12.3. The molecule has 5 heteroatoms. The minimum atomic E-state index is 0.239. The maximum Gasteiger partial charge on any atom is 0.140 e. The normalized spacial score (nSPS) is 12.4. The molecule has 0 radical (unpaired) electrons. The summed E-state index contributed by atoms with van der Waals surface area (Å²) < 4.78 is 0.872. The van der Waals surface area contributed by atoms with Crippen LogP contribution < -0.4 is 11.1 Å². The number of nitrogen functional groups attached to an aromatic ring is 1. The number of rotatable bonds is 7. The third kappa shape index (κ3) is 4.91. The molecule has 4 nitrogen and oxygen atoms in total. The molecule has 0 saturated heterocycles. The molecule has 1 atom stereocenters. The van der Waals surface area contributed by atoms with Crippen molar-refractivity contribution < 1.29 is 5.11 Å². The summed E-state index contributed by atoms with van der Waals surface area (Å²) in [5.41, 5.74) is 6.27. The molecule has 1 unspecified atom stereocenters. The molecule has 0 aliphatic heterocycles. The van der Waals surface area contributed by atoms with Crippen molar-refractivity contribution in [1.29, 1.82) is 0 Å². The molecule has 0 spiro atoms. The summed E-state index contributed by atoms with van der Waals surface area (Å²) in [7, 11) is 0. The molecule has 0 bridgehead atoms. The largest absolute Gasteiger partial charge is 0.397 e. The first kappa shape index (κ1) is 14.3. The van der Waals surface area contributed by atoms with E-state index in [4.69, 9.17) is 10.8 Å². The Bertz CT molecular complexity index is 341. The Morgan fingerprint density at radius 1 is 1.53 bits per heavy atom. The quantitative estimate of drug-likeness (QED) is 0.724. The number of halogens is 1. The summed E-state index contributed by atoms with van der Waals surface area (Å²) >= 11 is 3.42. The van der Waals surface area contributed by atoms with E-state index in [0.29, 0.717) is 11.6 Å². The van der Waals surface area contributed by atoms with Crippen molar-refractivity contribution in [2.75, 3.05) is 24.2 Å². The second kappa shape index (κ2) is 7.50. The fourth-order valence-corrected chi connectivity index (χ4v) is 2.27. The second-order valence-electron chi connectivity index (χ2n) is 4.15. The first-order chi connectivity index (χ1) is 8.17. The van der Waals surface area contributed by atoms with Gasteiger partial charge in [0, 0.05) is 13.2 Å². The third-order valence-corrected chi connectivity index (χ3v) is 3.26. The third-order valence-electron chi connectivity index (χ3n) is 2.65. The fourth-order valence-electron chi connectivity index (χ4n) is 1.76. The second-order valence-corrected chi connectivity index (χ2v) is 5.00. The van der Waals surface area contributed by atoms with Crippen molar-refractivity contribution in [2.45, 2.75) is 26.2 Å². The van der Waals surface area contributed by atoms with Crippen LogP contribution in [0.1, 0.15) is 26.2 Å². The molecule has 1 aromatic heterocycles. The molecule has 1 heterocycles. The van der Waals surface area contributed by atoms with E-state index >= 15 is 0 Å². The van der Waals surface area contributed by atoms with E-state index in [2.05, 4.69) is 33.2 Å². The van der Waals surface area contributed by atoms with Crippen molar-refractivity contribution >= 4 is 27.4 Å². The summed E-state index contributed by atoms with van der Waals surface area (Å²) in [4.78, 5) is 4.22. The number of nitrogens with one attached hydrogen (secondary N) is 1. The van der Waals surface area contributed by atoms with Crippen molar-refractivity contribution in [3.8, 4) is 0 Å². The van der Waals surface area contributed by atoms with E-state index in [1.807, 2.05) is 6.07 Å². The molecule has 0 saturated carbocycles. The fraction of sp³-hybridized carbons (Fsp3) is 0.583. The lowest BCUT2D eigenvalue weighted by Gasteiger charge is -2.16. The van der Waals surface area contributed by atoms with Crippen molar-refractivity contribution in [2.24, 2.45) is 5.92 Å². The molecule has 96 valence electrons. The summed E-state index contributed by atoms with van der Waals surface area (Å²) in [6, 6.07) is 1.83. The molecule has 17 heavy (non-hydrogen) atoms. The Balaban J connectivity index is 2.52. The van der Waals surface area contributed by atoms with Crippen molar-refractivity contribution in [1.82, 2.24) is 4.98 Å². The zero-order valence-corrected chi connectivity index (χ0v) is 11.7. The highest BCUT2D eigenvalue weighted by Gasteiger charge is 2.08. The molecule has 4 N–H and O–H groups in total. The Morgan fingerprint density at radius 2 is 2.29 bits per heavy atom. The SMILES string of the molecule is CCCC(CCO)CNc1ncc(N)cc1Br. The predicted molar refractivity (Wildman–Crippen MR) is 74.9 cm³/mol. The van der Waals surface area contributed by atoms with Gasteiger partial charge in [-0.1, -0.05) is 13.3 Å². The molecule has 1 rings (SSSR count). The zero-order valence-electron chi connectivity index (χ0n) is 10.1. The van der Waals surface area contributed by atoms with Gasteiger partial charge in [0.2, 0.25) is 0 Å². The number of pyridine rings is 1. The van der Waals surface area contributed by atoms with Gasteiger partial charge in [0.25, 0.3) is 0 Å². The van der Waals surface area contributed by atoms with Gasteiger partial charge in [-0.15, -0.1) is 0 Å². The number of anilines is 2. The number of aliphatic hydroxyl groups excluding tert-OH is 1. The molecule has 0 amide bonds. The summed E-state index contributed by atoms with van der Waals surface area (Å²) in [6.07, 6.45) is 4.70. The highest BCUT2D eigenvalue weighted by atomic mass is 79.9. The van der Waals surface area contributed by atoms with Gasteiger partial charge >= 0.3 is 0 Å². The molecule has 1 aromatic rings. The van der Waals surface area contributed by atoms with Gasteiger partial charge in [-0.2, -0.15) is 0 Å². The predicted octanol–water partition coefficient (Wildman–Crippen LogP) is 2.64. The Morgan fingerprint density at radius 3 is 2.88 bits per heavy atom. The molecule has 0 aromatic carbocycles. The van der Waals surface area contributed by atoms with Gasteiger partial charge in [-0.05, 0) is 40.8 Å². The molecule has 0 aliphatic rings. The van der Waals surface area contributed by atoms with E-state index in [1.54, 1.807) is 6.20 Å². The van der Waals surface area contributed by atoms with E-state index in [-0.39, 0.29) is 6.61 Å². The number of hydrogen-bond acceptors (Lipinski definition) is 4. The molecule has 0 aliphatic carbocycles. The van der Waals surface area contributed by atoms with Crippen LogP contribution in [-0.2, 0) is 0 Å². The monoisotopic (exact) mass is 301 g/mol. The summed E-state index contributed by atoms with van der Waals surface area (Å²) in [5.74, 6) is 1.29. The minimum Gasteiger partial charge on any atom is -0.397 e. The Hall–Kier alpha value is -0.810. The summed E-state index contributed by atoms with van der Waals surface area (Å²) in [6.45, 7) is 3.22. The van der Waals surface area contributed by atoms with Crippen LogP contribution >= 0.6 is 15.9 Å². The van der Waals surface area contributed by atoms with Gasteiger partial charge in [0.15, 0.2) is 0 Å². The van der Waals surface area contributed by atoms with E-state index in [9.17, 15) is 0 Å². The lowest BCUT2D eigenvalue weighted by molar-refractivity contribution is 0.255.